The molecular weight excluding hydrogens is 220 g/mol. The predicted molar refractivity (Wildman–Crippen MR) is 68.8 cm³/mol. The number of hydrogen-bond donors (Lipinski definition) is 2. The Morgan fingerprint density at radius 3 is 2.56 bits per heavy atom. The number of aliphatic hydroxyl groups excluding tert-OH is 1. The molecule has 0 aliphatic rings. The molecule has 1 rings (SSSR count). The number of nitrogens with zero attached hydrogens (tertiary/aromatic N) is 1. The summed E-state index contributed by atoms with van der Waals surface area (Å²) in [5.74, 6) is 0. The fraction of sp³-hybridized carbons (Fsp3) is 0.750. The standard InChI is InChI=1S/C12H22N2OS/c1-5-12(4,6-7-15)13-8-11-9(2)14-10(3)16-11/h13,15H,5-8H2,1-4H3. The zero-order valence-corrected chi connectivity index (χ0v) is 11.4. The highest BCUT2D eigenvalue weighted by atomic mass is 32.1. The van der Waals surface area contributed by atoms with E-state index < -0.39 is 0 Å². The Morgan fingerprint density at radius 2 is 2.12 bits per heavy atom. The lowest BCUT2D eigenvalue weighted by Gasteiger charge is -2.29. The average Bonchev–Trinajstić information content (AvgIpc) is 2.55. The molecule has 0 aliphatic carbocycles. The van der Waals surface area contributed by atoms with Crippen molar-refractivity contribution in [3.05, 3.63) is 15.6 Å². The van der Waals surface area contributed by atoms with Crippen molar-refractivity contribution in [1.29, 1.82) is 0 Å². The second kappa shape index (κ2) is 5.75. The van der Waals surface area contributed by atoms with Crippen LogP contribution in [0.5, 0.6) is 0 Å². The van der Waals surface area contributed by atoms with E-state index in [1.807, 2.05) is 6.92 Å². The molecule has 0 radical (unpaired) electrons. The van der Waals surface area contributed by atoms with E-state index in [1.165, 1.54) is 4.88 Å². The van der Waals surface area contributed by atoms with Crippen LogP contribution in [0.25, 0.3) is 0 Å². The summed E-state index contributed by atoms with van der Waals surface area (Å²) in [7, 11) is 0. The van der Waals surface area contributed by atoms with E-state index in [9.17, 15) is 0 Å². The molecule has 1 aromatic rings. The zero-order chi connectivity index (χ0) is 12.2. The maximum absolute atomic E-state index is 9.04. The van der Waals surface area contributed by atoms with Gasteiger partial charge in [-0.2, -0.15) is 0 Å². The quantitative estimate of drug-likeness (QED) is 0.805. The lowest BCUT2D eigenvalue weighted by Crippen LogP contribution is -2.41. The molecule has 0 fully saturated rings. The van der Waals surface area contributed by atoms with E-state index >= 15 is 0 Å². The third-order valence-electron chi connectivity index (χ3n) is 3.12. The smallest absolute Gasteiger partial charge is 0.0900 e. The molecular formula is C12H22N2OS. The van der Waals surface area contributed by atoms with Crippen molar-refractivity contribution in [2.75, 3.05) is 6.61 Å². The average molecular weight is 242 g/mol. The van der Waals surface area contributed by atoms with Crippen LogP contribution in [0.4, 0.5) is 0 Å². The number of aromatic nitrogens is 1. The van der Waals surface area contributed by atoms with Gasteiger partial charge in [0.25, 0.3) is 0 Å². The second-order valence-corrected chi connectivity index (χ2v) is 5.77. The van der Waals surface area contributed by atoms with Gasteiger partial charge in [-0.05, 0) is 33.6 Å². The fourth-order valence-corrected chi connectivity index (χ4v) is 2.54. The van der Waals surface area contributed by atoms with Crippen molar-refractivity contribution < 1.29 is 5.11 Å². The number of thiazole rings is 1. The van der Waals surface area contributed by atoms with Gasteiger partial charge < -0.3 is 10.4 Å². The number of rotatable bonds is 6. The molecule has 4 heteroatoms. The first kappa shape index (κ1) is 13.6. The van der Waals surface area contributed by atoms with Gasteiger partial charge in [0.2, 0.25) is 0 Å². The molecule has 2 N–H and O–H groups in total. The summed E-state index contributed by atoms with van der Waals surface area (Å²) >= 11 is 1.75. The molecule has 92 valence electrons. The number of hydrogen-bond acceptors (Lipinski definition) is 4. The van der Waals surface area contributed by atoms with Crippen LogP contribution < -0.4 is 5.32 Å². The minimum atomic E-state index is 0.0269. The van der Waals surface area contributed by atoms with Crippen molar-refractivity contribution in [3.8, 4) is 0 Å². The van der Waals surface area contributed by atoms with Gasteiger partial charge in [0.05, 0.1) is 10.7 Å². The number of aryl methyl sites for hydroxylation is 2. The highest BCUT2D eigenvalue weighted by molar-refractivity contribution is 7.11. The highest BCUT2D eigenvalue weighted by Crippen LogP contribution is 2.20. The van der Waals surface area contributed by atoms with Crippen LogP contribution >= 0.6 is 11.3 Å². The molecule has 1 heterocycles. The van der Waals surface area contributed by atoms with Crippen LogP contribution in [-0.4, -0.2) is 22.2 Å². The van der Waals surface area contributed by atoms with Crippen LogP contribution in [-0.2, 0) is 6.54 Å². The van der Waals surface area contributed by atoms with Gasteiger partial charge in [-0.1, -0.05) is 6.92 Å². The van der Waals surface area contributed by atoms with Crippen LogP contribution in [0, 0.1) is 13.8 Å². The van der Waals surface area contributed by atoms with Crippen molar-refractivity contribution in [2.45, 2.75) is 52.6 Å². The van der Waals surface area contributed by atoms with Gasteiger partial charge in [0.15, 0.2) is 0 Å². The van der Waals surface area contributed by atoms with Crippen LogP contribution in [0.15, 0.2) is 0 Å². The minimum absolute atomic E-state index is 0.0269. The zero-order valence-electron chi connectivity index (χ0n) is 10.6. The molecule has 0 saturated heterocycles. The van der Waals surface area contributed by atoms with E-state index in [0.29, 0.717) is 0 Å². The first-order valence-corrected chi connectivity index (χ1v) is 6.61. The molecule has 0 saturated carbocycles. The van der Waals surface area contributed by atoms with Crippen LogP contribution in [0.2, 0.25) is 0 Å². The summed E-state index contributed by atoms with van der Waals surface area (Å²) in [6, 6.07) is 0. The molecule has 0 aromatic carbocycles. The summed E-state index contributed by atoms with van der Waals surface area (Å²) in [6.45, 7) is 9.48. The molecule has 16 heavy (non-hydrogen) atoms. The lowest BCUT2D eigenvalue weighted by atomic mass is 9.95. The maximum Gasteiger partial charge on any atom is 0.0900 e. The lowest BCUT2D eigenvalue weighted by molar-refractivity contribution is 0.215. The van der Waals surface area contributed by atoms with Gasteiger partial charge in [-0.3, -0.25) is 0 Å². The first-order valence-electron chi connectivity index (χ1n) is 5.79. The van der Waals surface area contributed by atoms with Crippen molar-refractivity contribution in [2.24, 2.45) is 0 Å². The normalized spacial score (nSPS) is 15.1. The van der Waals surface area contributed by atoms with E-state index in [0.717, 1.165) is 30.1 Å². The van der Waals surface area contributed by atoms with Crippen molar-refractivity contribution >= 4 is 11.3 Å². The number of aliphatic hydroxyl groups is 1. The Morgan fingerprint density at radius 1 is 1.44 bits per heavy atom. The van der Waals surface area contributed by atoms with Gasteiger partial charge in [0.1, 0.15) is 0 Å². The molecule has 1 unspecified atom stereocenters. The second-order valence-electron chi connectivity index (χ2n) is 4.48. The molecule has 0 aliphatic heterocycles. The summed E-state index contributed by atoms with van der Waals surface area (Å²) < 4.78 is 0. The molecule has 0 bridgehead atoms. The Labute approximate surface area is 102 Å². The highest BCUT2D eigenvalue weighted by Gasteiger charge is 2.21. The maximum atomic E-state index is 9.04. The largest absolute Gasteiger partial charge is 0.396 e. The summed E-state index contributed by atoms with van der Waals surface area (Å²) in [4.78, 5) is 5.71. The minimum Gasteiger partial charge on any atom is -0.396 e. The van der Waals surface area contributed by atoms with Gasteiger partial charge >= 0.3 is 0 Å². The number of nitrogens with one attached hydrogen (secondary N) is 1. The van der Waals surface area contributed by atoms with E-state index in [-0.39, 0.29) is 12.1 Å². The summed E-state index contributed by atoms with van der Waals surface area (Å²) in [5.41, 5.74) is 1.15. The molecule has 3 nitrogen and oxygen atoms in total. The Hall–Kier alpha value is -0.450. The van der Waals surface area contributed by atoms with Crippen molar-refractivity contribution in [1.82, 2.24) is 10.3 Å². The molecule has 0 spiro atoms. The molecule has 0 amide bonds. The predicted octanol–water partition coefficient (Wildman–Crippen LogP) is 2.40. The fourth-order valence-electron chi connectivity index (χ4n) is 1.67. The third kappa shape index (κ3) is 3.54. The molecule has 1 aromatic heterocycles. The van der Waals surface area contributed by atoms with Gasteiger partial charge in [0, 0.05) is 23.6 Å². The summed E-state index contributed by atoms with van der Waals surface area (Å²) in [5, 5.41) is 13.7. The monoisotopic (exact) mass is 242 g/mol. The van der Waals surface area contributed by atoms with Gasteiger partial charge in [-0.15, -0.1) is 11.3 Å². The SMILES string of the molecule is CCC(C)(CCO)NCc1sc(C)nc1C. The first-order chi connectivity index (χ1) is 7.50. The Bertz CT molecular complexity index is 338. The Balaban J connectivity index is 2.59. The third-order valence-corrected chi connectivity index (χ3v) is 4.19. The van der Waals surface area contributed by atoms with E-state index in [2.05, 4.69) is 31.1 Å². The van der Waals surface area contributed by atoms with Gasteiger partial charge in [-0.25, -0.2) is 4.98 Å². The van der Waals surface area contributed by atoms with Crippen molar-refractivity contribution in [3.63, 3.8) is 0 Å². The summed E-state index contributed by atoms with van der Waals surface area (Å²) in [6.07, 6.45) is 1.81. The van der Waals surface area contributed by atoms with Crippen LogP contribution in [0.1, 0.15) is 42.3 Å². The topological polar surface area (TPSA) is 45.1 Å². The Kier molecular flexibility index (Phi) is 4.89. The van der Waals surface area contributed by atoms with E-state index in [4.69, 9.17) is 5.11 Å². The van der Waals surface area contributed by atoms with E-state index in [1.54, 1.807) is 11.3 Å². The van der Waals surface area contributed by atoms with Crippen LogP contribution in [0.3, 0.4) is 0 Å². The molecule has 1 atom stereocenters.